The Morgan fingerprint density at radius 2 is 2.32 bits per heavy atom. The Hall–Kier alpha value is -1.77. The highest BCUT2D eigenvalue weighted by Crippen LogP contribution is 2.18. The molecule has 1 aliphatic heterocycles. The lowest BCUT2D eigenvalue weighted by Gasteiger charge is -2.25. The van der Waals surface area contributed by atoms with Crippen LogP contribution < -0.4 is 5.32 Å². The van der Waals surface area contributed by atoms with Crippen molar-refractivity contribution in [3.05, 3.63) is 45.9 Å². The van der Waals surface area contributed by atoms with E-state index < -0.39 is 0 Å². The first-order valence-electron chi connectivity index (χ1n) is 7.97. The molecule has 3 rings (SSSR count). The van der Waals surface area contributed by atoms with Crippen LogP contribution in [-0.2, 0) is 9.53 Å². The molecule has 2 amide bonds. The van der Waals surface area contributed by atoms with Crippen LogP contribution in [0.4, 0.5) is 5.13 Å². The van der Waals surface area contributed by atoms with E-state index in [-0.39, 0.29) is 24.5 Å². The van der Waals surface area contributed by atoms with Crippen molar-refractivity contribution >= 4 is 44.2 Å². The number of anilines is 1. The standard InChI is InChI=1S/C17H18BrN3O3S/c18-13-4-1-3-12(9-13)16(23)21(10-14-5-2-7-24-14)11-15(22)20-17-19-6-8-25-17/h1,3-4,6,8-9,14H,2,5,7,10-11H2,(H,19,20,22). The Morgan fingerprint density at radius 1 is 1.44 bits per heavy atom. The number of halogens is 1. The molecule has 2 heterocycles. The average molecular weight is 424 g/mol. The number of hydrogen-bond donors (Lipinski definition) is 1. The minimum absolute atomic E-state index is 0.0243. The van der Waals surface area contributed by atoms with E-state index in [1.165, 1.54) is 11.3 Å². The van der Waals surface area contributed by atoms with E-state index in [0.717, 1.165) is 17.3 Å². The Balaban J connectivity index is 1.71. The summed E-state index contributed by atoms with van der Waals surface area (Å²) in [5.41, 5.74) is 0.537. The van der Waals surface area contributed by atoms with Crippen molar-refractivity contribution in [2.45, 2.75) is 18.9 Å². The third-order valence-electron chi connectivity index (χ3n) is 3.82. The summed E-state index contributed by atoms with van der Waals surface area (Å²) in [7, 11) is 0. The van der Waals surface area contributed by atoms with E-state index >= 15 is 0 Å². The van der Waals surface area contributed by atoms with E-state index in [1.54, 1.807) is 34.7 Å². The first-order valence-corrected chi connectivity index (χ1v) is 9.65. The van der Waals surface area contributed by atoms with Crippen LogP contribution in [0.25, 0.3) is 0 Å². The molecule has 0 spiro atoms. The number of aromatic nitrogens is 1. The molecule has 1 unspecified atom stereocenters. The molecule has 0 radical (unpaired) electrons. The van der Waals surface area contributed by atoms with E-state index in [4.69, 9.17) is 4.74 Å². The second-order valence-electron chi connectivity index (χ2n) is 5.72. The maximum absolute atomic E-state index is 12.9. The van der Waals surface area contributed by atoms with Crippen LogP contribution in [0, 0.1) is 0 Å². The lowest BCUT2D eigenvalue weighted by Crippen LogP contribution is -2.42. The van der Waals surface area contributed by atoms with Gasteiger partial charge in [-0.05, 0) is 31.0 Å². The number of nitrogens with one attached hydrogen (secondary N) is 1. The monoisotopic (exact) mass is 423 g/mol. The zero-order chi connectivity index (χ0) is 17.6. The summed E-state index contributed by atoms with van der Waals surface area (Å²) in [6.07, 6.45) is 3.48. The molecule has 25 heavy (non-hydrogen) atoms. The number of amides is 2. The van der Waals surface area contributed by atoms with Gasteiger partial charge in [0.1, 0.15) is 6.54 Å². The van der Waals surface area contributed by atoms with Crippen LogP contribution in [0.15, 0.2) is 40.3 Å². The Bertz CT molecular complexity index is 732. The molecule has 6 nitrogen and oxygen atoms in total. The summed E-state index contributed by atoms with van der Waals surface area (Å²) in [5.74, 6) is -0.456. The summed E-state index contributed by atoms with van der Waals surface area (Å²) in [6, 6.07) is 7.16. The predicted molar refractivity (Wildman–Crippen MR) is 99.8 cm³/mol. The quantitative estimate of drug-likeness (QED) is 0.774. The van der Waals surface area contributed by atoms with Gasteiger partial charge in [-0.15, -0.1) is 11.3 Å². The Kier molecular flexibility index (Phi) is 6.17. The Morgan fingerprint density at radius 3 is 3.00 bits per heavy atom. The summed E-state index contributed by atoms with van der Waals surface area (Å²) in [4.78, 5) is 30.8. The third kappa shape index (κ3) is 5.10. The van der Waals surface area contributed by atoms with Crippen LogP contribution >= 0.6 is 27.3 Å². The molecular formula is C17H18BrN3O3S. The van der Waals surface area contributed by atoms with Gasteiger partial charge in [-0.25, -0.2) is 4.98 Å². The van der Waals surface area contributed by atoms with Gasteiger partial charge < -0.3 is 15.0 Å². The summed E-state index contributed by atoms with van der Waals surface area (Å²) in [6.45, 7) is 1.07. The second kappa shape index (κ2) is 8.55. The lowest BCUT2D eigenvalue weighted by molar-refractivity contribution is -0.117. The van der Waals surface area contributed by atoms with E-state index in [1.807, 2.05) is 6.07 Å². The van der Waals surface area contributed by atoms with Gasteiger partial charge in [0.2, 0.25) is 5.91 Å². The van der Waals surface area contributed by atoms with Crippen LogP contribution in [0.1, 0.15) is 23.2 Å². The van der Waals surface area contributed by atoms with Gasteiger partial charge in [0.15, 0.2) is 5.13 Å². The lowest BCUT2D eigenvalue weighted by atomic mass is 10.1. The fraction of sp³-hybridized carbons (Fsp3) is 0.353. The van der Waals surface area contributed by atoms with E-state index in [0.29, 0.717) is 23.8 Å². The van der Waals surface area contributed by atoms with Crippen molar-refractivity contribution in [1.29, 1.82) is 0 Å². The van der Waals surface area contributed by atoms with Crippen molar-refractivity contribution in [2.75, 3.05) is 25.0 Å². The van der Waals surface area contributed by atoms with Gasteiger partial charge in [0.25, 0.3) is 5.91 Å². The molecular weight excluding hydrogens is 406 g/mol. The Labute approximate surface area is 158 Å². The first kappa shape index (κ1) is 18.0. The van der Waals surface area contributed by atoms with Gasteiger partial charge in [-0.1, -0.05) is 22.0 Å². The molecule has 0 aliphatic carbocycles. The highest BCUT2D eigenvalue weighted by molar-refractivity contribution is 9.10. The van der Waals surface area contributed by atoms with Crippen LogP contribution in [-0.4, -0.2) is 47.5 Å². The fourth-order valence-corrected chi connectivity index (χ4v) is 3.62. The SMILES string of the molecule is O=C(CN(CC1CCCO1)C(=O)c1cccc(Br)c1)Nc1nccs1. The van der Waals surface area contributed by atoms with E-state index in [9.17, 15) is 9.59 Å². The number of carbonyl (C=O) groups excluding carboxylic acids is 2. The number of rotatable bonds is 6. The fourth-order valence-electron chi connectivity index (χ4n) is 2.67. The van der Waals surface area contributed by atoms with Gasteiger partial charge >= 0.3 is 0 Å². The van der Waals surface area contributed by atoms with Crippen molar-refractivity contribution in [3.8, 4) is 0 Å². The minimum Gasteiger partial charge on any atom is -0.376 e. The number of nitrogens with zero attached hydrogens (tertiary/aromatic N) is 2. The summed E-state index contributed by atoms with van der Waals surface area (Å²) in [5, 5.41) is 5.03. The van der Waals surface area contributed by atoms with Crippen molar-refractivity contribution in [3.63, 3.8) is 0 Å². The maximum Gasteiger partial charge on any atom is 0.254 e. The molecule has 1 aliphatic rings. The highest BCUT2D eigenvalue weighted by Gasteiger charge is 2.25. The molecule has 1 aromatic carbocycles. The normalized spacial score (nSPS) is 16.6. The zero-order valence-electron chi connectivity index (χ0n) is 13.5. The molecule has 132 valence electrons. The molecule has 1 atom stereocenters. The van der Waals surface area contributed by atoms with E-state index in [2.05, 4.69) is 26.2 Å². The summed E-state index contributed by atoms with van der Waals surface area (Å²) >= 11 is 4.72. The largest absolute Gasteiger partial charge is 0.376 e. The molecule has 1 aromatic heterocycles. The third-order valence-corrected chi connectivity index (χ3v) is 5.00. The number of ether oxygens (including phenoxy) is 1. The molecule has 1 fully saturated rings. The molecule has 0 saturated carbocycles. The maximum atomic E-state index is 12.9. The minimum atomic E-state index is -0.267. The molecule has 0 bridgehead atoms. The average Bonchev–Trinajstić information content (AvgIpc) is 3.27. The molecule has 1 saturated heterocycles. The number of carbonyl (C=O) groups is 2. The number of thiazole rings is 1. The molecule has 1 N–H and O–H groups in total. The molecule has 8 heteroatoms. The van der Waals surface area contributed by atoms with Gasteiger partial charge in [-0.3, -0.25) is 9.59 Å². The topological polar surface area (TPSA) is 71.5 Å². The summed E-state index contributed by atoms with van der Waals surface area (Å²) < 4.78 is 6.46. The number of hydrogen-bond acceptors (Lipinski definition) is 5. The van der Waals surface area contributed by atoms with Gasteiger partial charge in [0, 0.05) is 34.8 Å². The first-order chi connectivity index (χ1) is 12.1. The smallest absolute Gasteiger partial charge is 0.254 e. The highest BCUT2D eigenvalue weighted by atomic mass is 79.9. The number of benzene rings is 1. The second-order valence-corrected chi connectivity index (χ2v) is 7.53. The molecule has 2 aromatic rings. The van der Waals surface area contributed by atoms with Crippen LogP contribution in [0.2, 0.25) is 0 Å². The van der Waals surface area contributed by atoms with Crippen LogP contribution in [0.3, 0.4) is 0 Å². The van der Waals surface area contributed by atoms with Gasteiger partial charge in [0.05, 0.1) is 6.10 Å². The van der Waals surface area contributed by atoms with Crippen molar-refractivity contribution in [2.24, 2.45) is 0 Å². The van der Waals surface area contributed by atoms with Crippen molar-refractivity contribution in [1.82, 2.24) is 9.88 Å². The predicted octanol–water partition coefficient (Wildman–Crippen LogP) is 3.17. The van der Waals surface area contributed by atoms with Crippen LogP contribution in [0.5, 0.6) is 0 Å². The van der Waals surface area contributed by atoms with Crippen molar-refractivity contribution < 1.29 is 14.3 Å². The van der Waals surface area contributed by atoms with Gasteiger partial charge in [-0.2, -0.15) is 0 Å². The zero-order valence-corrected chi connectivity index (χ0v) is 15.9.